The molecule has 0 aromatic heterocycles. The highest BCUT2D eigenvalue weighted by Gasteiger charge is 2.39. The summed E-state index contributed by atoms with van der Waals surface area (Å²) in [6.07, 6.45) is -0.755. The lowest BCUT2D eigenvalue weighted by atomic mass is 8.70. The van der Waals surface area contributed by atoms with Crippen LogP contribution in [0.15, 0.2) is 0 Å². The SMILES string of the molecule is [B]B([B])B([B])C(C)(B([B])[B])B([B])[B]. The largest absolute Gasteiger partial charge is 0.137 e. The fraction of sp³-hybridized carbons (Fsp3) is 1.00. The molecule has 0 N–H and O–H groups in total. The zero-order valence-corrected chi connectivity index (χ0v) is 7.85. The van der Waals surface area contributed by atoms with Crippen molar-refractivity contribution >= 4 is 80.0 Å². The highest BCUT2D eigenvalue weighted by molar-refractivity contribution is 7.72. The summed E-state index contributed by atoms with van der Waals surface area (Å²) in [7, 11) is 38.7. The minimum atomic E-state index is -0.881. The van der Waals surface area contributed by atoms with E-state index in [4.69, 9.17) is 54.2 Å². The molecule has 0 aromatic rings. The summed E-state index contributed by atoms with van der Waals surface area (Å²) in [6, 6.07) is 0. The van der Waals surface area contributed by atoms with E-state index in [1.165, 1.54) is 0 Å². The van der Waals surface area contributed by atoms with Crippen molar-refractivity contribution in [3.8, 4) is 0 Å². The molecule has 0 heterocycles. The van der Waals surface area contributed by atoms with Crippen molar-refractivity contribution < 1.29 is 0 Å². The van der Waals surface area contributed by atoms with Crippen molar-refractivity contribution in [1.82, 2.24) is 0 Å². The minimum Gasteiger partial charge on any atom is -0.137 e. The number of rotatable bonds is 4. The fourth-order valence-corrected chi connectivity index (χ4v) is 1.08. The second-order valence-electron chi connectivity index (χ2n) is 3.52. The van der Waals surface area contributed by atoms with Crippen LogP contribution < -0.4 is 0 Å². The van der Waals surface area contributed by atoms with Gasteiger partial charge < -0.3 is 0 Å². The average Bonchev–Trinajstić information content (AvgIpc) is 2.00. The third-order valence-electron chi connectivity index (χ3n) is 2.57. The summed E-state index contributed by atoms with van der Waals surface area (Å²) >= 11 is 0. The topological polar surface area (TPSA) is 0 Å². The molecule has 0 rings (SSSR count). The molecular formula is C2H3B11. The van der Waals surface area contributed by atoms with Crippen molar-refractivity contribution in [3.63, 3.8) is 0 Å². The molecule has 0 unspecified atom stereocenters. The van der Waals surface area contributed by atoms with Gasteiger partial charge in [-0.15, -0.1) is 5.11 Å². The Labute approximate surface area is 92.3 Å². The predicted molar refractivity (Wildman–Crippen MR) is 71.7 cm³/mol. The van der Waals surface area contributed by atoms with Crippen LogP contribution in [0.3, 0.4) is 0 Å². The van der Waals surface area contributed by atoms with Gasteiger partial charge in [-0.1, -0.05) is 6.92 Å². The van der Waals surface area contributed by atoms with E-state index in [1.54, 1.807) is 6.92 Å². The Morgan fingerprint density at radius 2 is 1.08 bits per heavy atom. The van der Waals surface area contributed by atoms with Gasteiger partial charge in [-0.2, -0.15) is 0 Å². The zero-order valence-electron chi connectivity index (χ0n) is 7.85. The van der Waals surface area contributed by atoms with Crippen LogP contribution in [0.25, 0.3) is 0 Å². The van der Waals surface area contributed by atoms with Crippen LogP contribution in [0.1, 0.15) is 6.92 Å². The molecule has 0 aliphatic heterocycles. The molecule has 0 fully saturated rings. The van der Waals surface area contributed by atoms with Gasteiger partial charge in [0.15, 0.2) is 0 Å². The third-order valence-corrected chi connectivity index (χ3v) is 2.57. The Morgan fingerprint density at radius 3 is 1.15 bits per heavy atom. The van der Waals surface area contributed by atoms with E-state index in [1.807, 2.05) is 0 Å². The molecule has 0 amide bonds. The molecule has 11 heteroatoms. The highest BCUT2D eigenvalue weighted by Crippen LogP contribution is 2.29. The van der Waals surface area contributed by atoms with Gasteiger partial charge in [0.25, 0.3) is 0 Å². The van der Waals surface area contributed by atoms with Crippen molar-refractivity contribution in [2.45, 2.75) is 12.0 Å². The molecular weight excluding hydrogens is 143 g/mol. The van der Waals surface area contributed by atoms with E-state index in [-0.39, 0.29) is 0 Å². The molecule has 14 radical (unpaired) electrons. The van der Waals surface area contributed by atoms with Crippen LogP contribution in [0.4, 0.5) is 0 Å². The van der Waals surface area contributed by atoms with Gasteiger partial charge in [0.05, 0.1) is 0 Å². The predicted octanol–water partition coefficient (Wildman–Crippen LogP) is -3.46. The van der Waals surface area contributed by atoms with Crippen molar-refractivity contribution in [3.05, 3.63) is 0 Å². The van der Waals surface area contributed by atoms with Gasteiger partial charge >= 0.3 is 0 Å². The monoisotopic (exact) mass is 148 g/mol. The molecule has 13 heavy (non-hydrogen) atoms. The molecule has 0 spiro atoms. The Hall–Kier alpha value is 0.714. The third kappa shape index (κ3) is 2.83. The minimum absolute atomic E-state index is 0.646. The summed E-state index contributed by atoms with van der Waals surface area (Å²) in [5.74, 6) is 0. The maximum absolute atomic E-state index is 5.73. The Kier molecular flexibility index (Phi) is 5.26. The second-order valence-corrected chi connectivity index (χ2v) is 3.52. The van der Waals surface area contributed by atoms with Gasteiger partial charge in [0.2, 0.25) is 0 Å². The first-order valence-electron chi connectivity index (χ1n) is 4.03. The summed E-state index contributed by atoms with van der Waals surface area (Å²) in [4.78, 5) is 0. The summed E-state index contributed by atoms with van der Waals surface area (Å²) in [5.41, 5.74) is 0. The van der Waals surface area contributed by atoms with Crippen LogP contribution in [0.2, 0.25) is 5.11 Å². The molecule has 0 nitrogen and oxygen atoms in total. The van der Waals surface area contributed by atoms with Crippen molar-refractivity contribution in [2.24, 2.45) is 0 Å². The van der Waals surface area contributed by atoms with Gasteiger partial charge in [-0.25, -0.2) is 0 Å². The van der Waals surface area contributed by atoms with E-state index < -0.39 is 31.0 Å². The molecule has 0 bridgehead atoms. The summed E-state index contributed by atoms with van der Waals surface area (Å²) in [5, 5.41) is -0.881. The van der Waals surface area contributed by atoms with E-state index >= 15 is 0 Å². The molecule has 44 valence electrons. The lowest BCUT2D eigenvalue weighted by molar-refractivity contribution is 1.20. The van der Waals surface area contributed by atoms with Crippen LogP contribution in [-0.2, 0) is 0 Å². The van der Waals surface area contributed by atoms with E-state index in [2.05, 4.69) is 0 Å². The van der Waals surface area contributed by atoms with Crippen LogP contribution in [-0.4, -0.2) is 80.0 Å². The Balaban J connectivity index is 4.79. The normalized spacial score (nSPS) is 10.5. The van der Waals surface area contributed by atoms with Crippen molar-refractivity contribution in [2.75, 3.05) is 0 Å². The molecule has 0 aromatic carbocycles. The van der Waals surface area contributed by atoms with E-state index in [0.717, 1.165) is 0 Å². The maximum atomic E-state index is 5.73. The lowest BCUT2D eigenvalue weighted by Crippen LogP contribution is -2.61. The lowest BCUT2D eigenvalue weighted by Gasteiger charge is -2.44. The van der Waals surface area contributed by atoms with Crippen LogP contribution in [0.5, 0.6) is 0 Å². The zero-order chi connectivity index (χ0) is 10.8. The molecule has 0 aliphatic carbocycles. The summed E-state index contributed by atoms with van der Waals surface area (Å²) < 4.78 is 0. The Bertz CT molecular complexity index is 142. The first kappa shape index (κ1) is 13.7. The molecule has 0 atom stereocenters. The first-order valence-corrected chi connectivity index (χ1v) is 4.03. The van der Waals surface area contributed by atoms with Gasteiger partial charge in [0, 0.05) is 80.0 Å². The smallest absolute Gasteiger partial charge is 0.0325 e. The standard InChI is InChI=1S/C2H3B11/c1-2(10(3)4,11(5)6)12(7)13(8)9/h1H3. The molecule has 0 saturated carbocycles. The van der Waals surface area contributed by atoms with Gasteiger partial charge in [0.1, 0.15) is 0 Å². The summed E-state index contributed by atoms with van der Waals surface area (Å²) in [6.45, 7) is -0.513. The highest BCUT2D eigenvalue weighted by atomic mass is 13.8. The fourth-order valence-electron chi connectivity index (χ4n) is 1.08. The van der Waals surface area contributed by atoms with Crippen LogP contribution in [0, 0.1) is 0 Å². The van der Waals surface area contributed by atoms with Gasteiger partial charge in [-0.3, -0.25) is 0 Å². The second kappa shape index (κ2) is 4.98. The van der Waals surface area contributed by atoms with E-state index in [9.17, 15) is 0 Å². The quantitative estimate of drug-likeness (QED) is 0.361. The van der Waals surface area contributed by atoms with E-state index in [0.29, 0.717) is 0 Å². The van der Waals surface area contributed by atoms with Crippen molar-refractivity contribution in [1.29, 1.82) is 0 Å². The van der Waals surface area contributed by atoms with Crippen LogP contribution >= 0.6 is 0 Å². The maximum Gasteiger partial charge on any atom is 0.0325 e. The molecule has 0 aliphatic rings. The van der Waals surface area contributed by atoms with Gasteiger partial charge in [-0.05, 0) is 0 Å². The average molecular weight is 146 g/mol. The first-order chi connectivity index (χ1) is 5.74. The number of hydrogen-bond acceptors (Lipinski definition) is 0. The molecule has 0 saturated heterocycles. The Morgan fingerprint density at radius 1 is 0.769 bits per heavy atom. The number of hydrogen-bond donors (Lipinski definition) is 0.